The van der Waals surface area contributed by atoms with Crippen LogP contribution in [0.1, 0.15) is 22.3 Å². The molecule has 2 aliphatic carbocycles. The Morgan fingerprint density at radius 2 is 0.676 bits per heavy atom. The van der Waals surface area contributed by atoms with Crippen molar-refractivity contribution in [2.24, 2.45) is 0 Å². The third-order valence-corrected chi connectivity index (χ3v) is 15.6. The molecule has 0 unspecified atom stereocenters. The van der Waals surface area contributed by atoms with Crippen molar-refractivity contribution in [3.8, 4) is 95.2 Å². The molecule has 3 nitrogen and oxygen atoms in total. The maximum absolute atomic E-state index is 5.44. The van der Waals surface area contributed by atoms with Crippen molar-refractivity contribution in [2.75, 3.05) is 0 Å². The molecule has 1 spiro atoms. The molecule has 0 radical (unpaired) electrons. The molecule has 0 fully saturated rings. The van der Waals surface area contributed by atoms with Crippen molar-refractivity contribution < 1.29 is 0 Å². The van der Waals surface area contributed by atoms with Gasteiger partial charge in [-0.15, -0.1) is 0 Å². The van der Waals surface area contributed by atoms with E-state index in [1.807, 2.05) is 0 Å². The van der Waals surface area contributed by atoms with Crippen molar-refractivity contribution in [3.05, 3.63) is 295 Å². The Morgan fingerprint density at radius 1 is 0.257 bits per heavy atom. The van der Waals surface area contributed by atoms with E-state index < -0.39 is 5.41 Å². The molecule has 0 aliphatic heterocycles. The fourth-order valence-corrected chi connectivity index (χ4v) is 12.3. The highest BCUT2D eigenvalue weighted by atomic mass is 15.0. The van der Waals surface area contributed by atoms with Gasteiger partial charge in [0.2, 0.25) is 0 Å². The van der Waals surface area contributed by atoms with E-state index in [-0.39, 0.29) is 0 Å². The molecule has 0 atom stereocenters. The zero-order valence-corrected chi connectivity index (χ0v) is 40.3. The van der Waals surface area contributed by atoms with Crippen molar-refractivity contribution in [1.82, 2.24) is 14.5 Å². The van der Waals surface area contributed by atoms with Crippen LogP contribution in [0, 0.1) is 0 Å². The second kappa shape index (κ2) is 16.7. The Kier molecular flexibility index (Phi) is 9.48. The number of rotatable bonds is 7. The largest absolute Gasteiger partial charge is 0.309 e. The summed E-state index contributed by atoms with van der Waals surface area (Å²) >= 11 is 0. The first kappa shape index (κ1) is 42.0. The highest BCUT2D eigenvalue weighted by Crippen LogP contribution is 2.63. The molecule has 3 heteroatoms. The SMILES string of the molecule is c1ccc(-c2ccc(-c3cc(-c4cccc(-c5cccc(-n6c7ccccc7c7ccccc76)c5)c4)nc(-c4cccc(-c5ccc6c(c5)C5(c7ccccc7-c7ccccc75)c5ccccc5-6)c4)n3)cc2)cc1. The summed E-state index contributed by atoms with van der Waals surface area (Å²) in [6.07, 6.45) is 0. The van der Waals surface area contributed by atoms with Crippen LogP contribution in [0.15, 0.2) is 273 Å². The maximum Gasteiger partial charge on any atom is 0.160 e. The minimum absolute atomic E-state index is 0.421. The summed E-state index contributed by atoms with van der Waals surface area (Å²) in [5.41, 5.74) is 25.2. The maximum atomic E-state index is 5.44. The van der Waals surface area contributed by atoms with Crippen molar-refractivity contribution in [2.45, 2.75) is 5.41 Å². The molecule has 13 aromatic rings. The molecule has 15 rings (SSSR count). The molecule has 344 valence electrons. The summed E-state index contributed by atoms with van der Waals surface area (Å²) in [4.78, 5) is 10.8. The first-order valence-electron chi connectivity index (χ1n) is 25.5. The number of aromatic nitrogens is 3. The number of nitrogens with zero attached hydrogens (tertiary/aromatic N) is 3. The van der Waals surface area contributed by atoms with E-state index in [0.29, 0.717) is 5.82 Å². The Hall–Kier alpha value is -9.70. The minimum atomic E-state index is -0.421. The molecular weight excluding hydrogens is 895 g/mol. The monoisotopic (exact) mass is 939 g/mol. The minimum Gasteiger partial charge on any atom is -0.309 e. The normalized spacial score (nSPS) is 12.7. The van der Waals surface area contributed by atoms with Crippen LogP contribution in [0.3, 0.4) is 0 Å². The summed E-state index contributed by atoms with van der Waals surface area (Å²) < 4.78 is 2.38. The van der Waals surface area contributed by atoms with Gasteiger partial charge in [-0.25, -0.2) is 9.97 Å². The number of hydrogen-bond donors (Lipinski definition) is 0. The summed E-state index contributed by atoms with van der Waals surface area (Å²) in [7, 11) is 0. The second-order valence-electron chi connectivity index (χ2n) is 19.6. The molecule has 2 aromatic heterocycles. The number of benzene rings is 11. The predicted molar refractivity (Wildman–Crippen MR) is 305 cm³/mol. The predicted octanol–water partition coefficient (Wildman–Crippen LogP) is 17.9. The summed E-state index contributed by atoms with van der Waals surface area (Å²) in [5.74, 6) is 0.675. The molecule has 2 heterocycles. The molecule has 0 saturated carbocycles. The van der Waals surface area contributed by atoms with Gasteiger partial charge < -0.3 is 4.57 Å². The van der Waals surface area contributed by atoms with Crippen LogP contribution in [0.25, 0.3) is 117 Å². The first-order valence-corrected chi connectivity index (χ1v) is 25.5. The molecule has 74 heavy (non-hydrogen) atoms. The van der Waals surface area contributed by atoms with E-state index in [4.69, 9.17) is 9.97 Å². The number of para-hydroxylation sites is 2. The lowest BCUT2D eigenvalue weighted by Crippen LogP contribution is -2.25. The number of fused-ring (bicyclic) bond motifs is 13. The Bertz CT molecular complexity index is 4250. The third kappa shape index (κ3) is 6.46. The highest BCUT2D eigenvalue weighted by Gasteiger charge is 2.51. The van der Waals surface area contributed by atoms with E-state index >= 15 is 0 Å². The number of hydrogen-bond acceptors (Lipinski definition) is 2. The van der Waals surface area contributed by atoms with Gasteiger partial charge in [0.15, 0.2) is 5.82 Å². The van der Waals surface area contributed by atoms with Gasteiger partial charge in [-0.05, 0) is 126 Å². The topological polar surface area (TPSA) is 30.7 Å². The molecular formula is C71H45N3. The van der Waals surface area contributed by atoms with Gasteiger partial charge in [0.1, 0.15) is 0 Å². The van der Waals surface area contributed by atoms with Gasteiger partial charge in [0.05, 0.1) is 27.8 Å². The van der Waals surface area contributed by atoms with Gasteiger partial charge in [-0.1, -0.05) is 224 Å². The molecule has 0 saturated heterocycles. The highest BCUT2D eigenvalue weighted by molar-refractivity contribution is 6.09. The quantitative estimate of drug-likeness (QED) is 0.159. The summed E-state index contributed by atoms with van der Waals surface area (Å²) in [5, 5.41) is 2.50. The van der Waals surface area contributed by atoms with Crippen LogP contribution in [-0.2, 0) is 5.41 Å². The van der Waals surface area contributed by atoms with Gasteiger partial charge in [-0.2, -0.15) is 0 Å². The van der Waals surface area contributed by atoms with Crippen LogP contribution < -0.4 is 0 Å². The van der Waals surface area contributed by atoms with Gasteiger partial charge in [0.25, 0.3) is 0 Å². The standard InChI is InChI=1S/C71H45N3/c1-2-17-46(18-3-1)47-35-37-48(38-36-47)66-45-67(53-22-14-19-49(41-53)51-21-16-24-55(43-51)74-68-33-12-7-28-60(68)61-29-8-13-34-69(61)74)73-70(72-66)54-23-15-20-50(42-54)52-39-40-59-58-27-6-11-32-64(58)71(65(59)44-52)62-30-9-4-25-56(62)57-26-5-10-31-63(57)71/h1-45H. The molecule has 11 aromatic carbocycles. The van der Waals surface area contributed by atoms with E-state index in [0.717, 1.165) is 61.6 Å². The summed E-state index contributed by atoms with van der Waals surface area (Å²) in [6.45, 7) is 0. The lowest BCUT2D eigenvalue weighted by molar-refractivity contribution is 0.794. The lowest BCUT2D eigenvalue weighted by atomic mass is 9.70. The van der Waals surface area contributed by atoms with Crippen molar-refractivity contribution in [1.29, 1.82) is 0 Å². The zero-order valence-electron chi connectivity index (χ0n) is 40.3. The lowest BCUT2D eigenvalue weighted by Gasteiger charge is -2.30. The zero-order chi connectivity index (χ0) is 48.7. The van der Waals surface area contributed by atoms with Crippen LogP contribution in [0.2, 0.25) is 0 Å². The molecule has 2 aliphatic rings. The van der Waals surface area contributed by atoms with Gasteiger partial charge >= 0.3 is 0 Å². The average Bonchev–Trinajstić information content (AvgIpc) is 4.20. The third-order valence-electron chi connectivity index (χ3n) is 15.6. The van der Waals surface area contributed by atoms with Gasteiger partial charge in [-0.3, -0.25) is 0 Å². The molecule has 0 amide bonds. The van der Waals surface area contributed by atoms with E-state index in [1.54, 1.807) is 0 Å². The van der Waals surface area contributed by atoms with E-state index in [1.165, 1.54) is 71.9 Å². The second-order valence-corrected chi connectivity index (χ2v) is 19.6. The first-order chi connectivity index (χ1) is 36.7. The van der Waals surface area contributed by atoms with Crippen molar-refractivity contribution >= 4 is 21.8 Å². The van der Waals surface area contributed by atoms with E-state index in [2.05, 4.69) is 278 Å². The van der Waals surface area contributed by atoms with Gasteiger partial charge in [0, 0.05) is 33.2 Å². The van der Waals surface area contributed by atoms with Crippen LogP contribution in [0.5, 0.6) is 0 Å². The van der Waals surface area contributed by atoms with Crippen LogP contribution >= 0.6 is 0 Å². The van der Waals surface area contributed by atoms with E-state index in [9.17, 15) is 0 Å². The Labute approximate surface area is 430 Å². The Balaban J connectivity index is 0.853. The molecule has 0 N–H and O–H groups in total. The summed E-state index contributed by atoms with van der Waals surface area (Å²) in [6, 6.07) is 99.3. The molecule has 0 bridgehead atoms. The van der Waals surface area contributed by atoms with Crippen molar-refractivity contribution in [3.63, 3.8) is 0 Å². The fourth-order valence-electron chi connectivity index (χ4n) is 12.3. The van der Waals surface area contributed by atoms with Crippen LogP contribution in [0.4, 0.5) is 0 Å². The smallest absolute Gasteiger partial charge is 0.160 e. The average molecular weight is 940 g/mol. The van der Waals surface area contributed by atoms with Crippen LogP contribution in [-0.4, -0.2) is 14.5 Å². The Morgan fingerprint density at radius 3 is 1.31 bits per heavy atom. The fraction of sp³-hybridized carbons (Fsp3) is 0.0141.